The zero-order valence-corrected chi connectivity index (χ0v) is 13.0. The molecule has 21 heavy (non-hydrogen) atoms. The van der Waals surface area contributed by atoms with Gasteiger partial charge in [-0.05, 0) is 44.2 Å². The molecule has 114 valence electrons. The number of para-hydroxylation sites is 1. The second kappa shape index (κ2) is 6.50. The van der Waals surface area contributed by atoms with Gasteiger partial charge in [0, 0.05) is 30.7 Å². The molecular weight excluding hydrogens is 260 g/mol. The molecule has 1 amide bonds. The van der Waals surface area contributed by atoms with Crippen molar-refractivity contribution in [2.24, 2.45) is 5.92 Å². The maximum atomic E-state index is 12.0. The summed E-state index contributed by atoms with van der Waals surface area (Å²) in [6.45, 7) is 4.13. The summed E-state index contributed by atoms with van der Waals surface area (Å²) >= 11 is 0. The van der Waals surface area contributed by atoms with E-state index in [-0.39, 0.29) is 11.8 Å². The van der Waals surface area contributed by atoms with Crippen LogP contribution >= 0.6 is 0 Å². The highest BCUT2D eigenvalue weighted by Crippen LogP contribution is 2.31. The minimum absolute atomic E-state index is 0.280. The minimum Gasteiger partial charge on any atom is -0.368 e. The molecule has 1 N–H and O–H groups in total. The molecule has 1 atom stereocenters. The molecule has 0 saturated heterocycles. The lowest BCUT2D eigenvalue weighted by molar-refractivity contribution is -0.124. The standard InChI is InChI=1S/C18H26N2O/c1-14-13-16-9-4-5-10-17(16)20(14)12-6-11-19-18(21)15-7-2-3-8-15/h4-5,9-10,14-15H,2-3,6-8,11-13H2,1H3,(H,19,21)/t14-/m1/s1. The molecule has 1 fully saturated rings. The Morgan fingerprint density at radius 3 is 2.86 bits per heavy atom. The molecule has 0 bridgehead atoms. The average Bonchev–Trinajstić information content (AvgIpc) is 3.11. The van der Waals surface area contributed by atoms with Crippen molar-refractivity contribution < 1.29 is 4.79 Å². The van der Waals surface area contributed by atoms with E-state index in [0.717, 1.165) is 38.8 Å². The lowest BCUT2D eigenvalue weighted by Gasteiger charge is -2.25. The van der Waals surface area contributed by atoms with Gasteiger partial charge in [0.2, 0.25) is 5.91 Å². The van der Waals surface area contributed by atoms with Crippen LogP contribution in [0.3, 0.4) is 0 Å². The highest BCUT2D eigenvalue weighted by molar-refractivity contribution is 5.78. The molecule has 0 radical (unpaired) electrons. The Balaban J connectivity index is 1.44. The molecule has 1 saturated carbocycles. The fourth-order valence-corrected chi connectivity index (χ4v) is 3.76. The number of carbonyl (C=O) groups is 1. The molecule has 3 rings (SSSR count). The zero-order valence-electron chi connectivity index (χ0n) is 13.0. The zero-order chi connectivity index (χ0) is 14.7. The van der Waals surface area contributed by atoms with E-state index >= 15 is 0 Å². The molecule has 0 unspecified atom stereocenters. The number of hydrogen-bond acceptors (Lipinski definition) is 2. The number of nitrogens with one attached hydrogen (secondary N) is 1. The van der Waals surface area contributed by atoms with E-state index < -0.39 is 0 Å². The maximum Gasteiger partial charge on any atom is 0.223 e. The van der Waals surface area contributed by atoms with Crippen LogP contribution in [0.2, 0.25) is 0 Å². The van der Waals surface area contributed by atoms with Gasteiger partial charge in [0.05, 0.1) is 0 Å². The molecular formula is C18H26N2O. The van der Waals surface area contributed by atoms with Crippen LogP contribution in [0.4, 0.5) is 5.69 Å². The van der Waals surface area contributed by atoms with E-state index in [1.807, 2.05) is 0 Å². The van der Waals surface area contributed by atoms with Gasteiger partial charge in [-0.15, -0.1) is 0 Å². The number of amides is 1. The lowest BCUT2D eigenvalue weighted by atomic mass is 10.1. The predicted molar refractivity (Wildman–Crippen MR) is 86.5 cm³/mol. The van der Waals surface area contributed by atoms with Crippen molar-refractivity contribution in [1.82, 2.24) is 5.32 Å². The van der Waals surface area contributed by atoms with E-state index in [0.29, 0.717) is 6.04 Å². The number of fused-ring (bicyclic) bond motifs is 1. The van der Waals surface area contributed by atoms with Crippen LogP contribution < -0.4 is 10.2 Å². The molecule has 1 aromatic rings. The van der Waals surface area contributed by atoms with Crippen molar-refractivity contribution in [3.05, 3.63) is 29.8 Å². The largest absolute Gasteiger partial charge is 0.368 e. The quantitative estimate of drug-likeness (QED) is 0.843. The van der Waals surface area contributed by atoms with Crippen molar-refractivity contribution in [3.8, 4) is 0 Å². The molecule has 1 aliphatic heterocycles. The number of benzene rings is 1. The summed E-state index contributed by atoms with van der Waals surface area (Å²) in [4.78, 5) is 14.5. The van der Waals surface area contributed by atoms with Gasteiger partial charge in [-0.1, -0.05) is 31.0 Å². The van der Waals surface area contributed by atoms with Crippen molar-refractivity contribution >= 4 is 11.6 Å². The molecule has 1 aliphatic carbocycles. The van der Waals surface area contributed by atoms with Crippen molar-refractivity contribution in [2.45, 2.75) is 51.5 Å². The summed E-state index contributed by atoms with van der Waals surface area (Å²) in [6.07, 6.45) is 6.78. The highest BCUT2D eigenvalue weighted by Gasteiger charge is 2.25. The Morgan fingerprint density at radius 1 is 1.29 bits per heavy atom. The van der Waals surface area contributed by atoms with Crippen molar-refractivity contribution in [1.29, 1.82) is 0 Å². The predicted octanol–water partition coefficient (Wildman–Crippen LogP) is 3.13. The third kappa shape index (κ3) is 3.22. The lowest BCUT2D eigenvalue weighted by Crippen LogP contribution is -2.34. The fraction of sp³-hybridized carbons (Fsp3) is 0.611. The number of hydrogen-bond donors (Lipinski definition) is 1. The first-order valence-corrected chi connectivity index (χ1v) is 8.38. The number of carbonyl (C=O) groups excluding carboxylic acids is 1. The normalized spacial score (nSPS) is 21.6. The topological polar surface area (TPSA) is 32.3 Å². The third-order valence-corrected chi connectivity index (χ3v) is 4.95. The van der Waals surface area contributed by atoms with Gasteiger partial charge in [0.15, 0.2) is 0 Å². The van der Waals surface area contributed by atoms with Gasteiger partial charge in [0.1, 0.15) is 0 Å². The van der Waals surface area contributed by atoms with Crippen LogP contribution in [-0.4, -0.2) is 25.0 Å². The summed E-state index contributed by atoms with van der Waals surface area (Å²) in [5.41, 5.74) is 2.84. The van der Waals surface area contributed by atoms with Crippen LogP contribution in [-0.2, 0) is 11.2 Å². The van der Waals surface area contributed by atoms with Crippen molar-refractivity contribution in [2.75, 3.05) is 18.0 Å². The van der Waals surface area contributed by atoms with Gasteiger partial charge >= 0.3 is 0 Å². The minimum atomic E-state index is 0.280. The molecule has 3 heteroatoms. The maximum absolute atomic E-state index is 12.0. The van der Waals surface area contributed by atoms with Gasteiger partial charge in [-0.2, -0.15) is 0 Å². The fourth-order valence-electron chi connectivity index (χ4n) is 3.76. The van der Waals surface area contributed by atoms with Gasteiger partial charge < -0.3 is 10.2 Å². The monoisotopic (exact) mass is 286 g/mol. The van der Waals surface area contributed by atoms with E-state index in [1.165, 1.54) is 24.1 Å². The van der Waals surface area contributed by atoms with Gasteiger partial charge in [-0.3, -0.25) is 4.79 Å². The first kappa shape index (κ1) is 14.4. The van der Waals surface area contributed by atoms with Crippen LogP contribution in [0.1, 0.15) is 44.6 Å². The molecule has 0 spiro atoms. The average molecular weight is 286 g/mol. The Labute approximate surface area is 127 Å². The van der Waals surface area contributed by atoms with Gasteiger partial charge in [0.25, 0.3) is 0 Å². The number of rotatable bonds is 5. The van der Waals surface area contributed by atoms with Crippen LogP contribution in [0.5, 0.6) is 0 Å². The third-order valence-electron chi connectivity index (χ3n) is 4.95. The Hall–Kier alpha value is -1.51. The smallest absolute Gasteiger partial charge is 0.223 e. The van der Waals surface area contributed by atoms with Crippen LogP contribution in [0.25, 0.3) is 0 Å². The summed E-state index contributed by atoms with van der Waals surface area (Å²) in [5.74, 6) is 0.568. The highest BCUT2D eigenvalue weighted by atomic mass is 16.1. The molecule has 1 aromatic carbocycles. The summed E-state index contributed by atoms with van der Waals surface area (Å²) < 4.78 is 0. The Bertz CT molecular complexity index is 494. The second-order valence-electron chi connectivity index (χ2n) is 6.50. The Morgan fingerprint density at radius 2 is 2.05 bits per heavy atom. The molecule has 2 aliphatic rings. The molecule has 3 nitrogen and oxygen atoms in total. The number of nitrogens with zero attached hydrogens (tertiary/aromatic N) is 1. The SMILES string of the molecule is C[C@@H]1Cc2ccccc2N1CCCNC(=O)C1CCCC1. The van der Waals surface area contributed by atoms with Crippen LogP contribution in [0.15, 0.2) is 24.3 Å². The summed E-state index contributed by atoms with van der Waals surface area (Å²) in [7, 11) is 0. The number of anilines is 1. The van der Waals surface area contributed by atoms with E-state index in [2.05, 4.69) is 41.4 Å². The summed E-state index contributed by atoms with van der Waals surface area (Å²) in [6, 6.07) is 9.26. The van der Waals surface area contributed by atoms with E-state index in [9.17, 15) is 4.79 Å². The first-order valence-electron chi connectivity index (χ1n) is 8.38. The van der Waals surface area contributed by atoms with Gasteiger partial charge in [-0.25, -0.2) is 0 Å². The first-order chi connectivity index (χ1) is 10.3. The van der Waals surface area contributed by atoms with E-state index in [4.69, 9.17) is 0 Å². The van der Waals surface area contributed by atoms with Crippen molar-refractivity contribution in [3.63, 3.8) is 0 Å². The second-order valence-corrected chi connectivity index (χ2v) is 6.50. The molecule has 1 heterocycles. The summed E-state index contributed by atoms with van der Waals surface area (Å²) in [5, 5.41) is 3.12. The molecule has 0 aromatic heterocycles. The van der Waals surface area contributed by atoms with Crippen LogP contribution in [0, 0.1) is 5.92 Å². The Kier molecular flexibility index (Phi) is 4.47. The van der Waals surface area contributed by atoms with E-state index in [1.54, 1.807) is 0 Å².